The number of hydrogen-bond donors (Lipinski definition) is 3. The number of hydrogen-bond acceptors (Lipinski definition) is 8. The molecule has 0 bridgehead atoms. The summed E-state index contributed by atoms with van der Waals surface area (Å²) < 4.78 is 11.5. The predicted molar refractivity (Wildman–Crippen MR) is 159 cm³/mol. The normalized spacial score (nSPS) is 17.6. The number of carboxylic acid groups (broad SMARTS) is 1. The first-order valence-corrected chi connectivity index (χ1v) is 15.0. The Balaban J connectivity index is 1.48. The molecule has 3 amide bonds. The Hall–Kier alpha value is -4.19. The summed E-state index contributed by atoms with van der Waals surface area (Å²) in [4.78, 5) is 58.4. The average molecular weight is 596 g/mol. The van der Waals surface area contributed by atoms with Gasteiger partial charge < -0.3 is 35.0 Å². The first kappa shape index (κ1) is 31.7. The van der Waals surface area contributed by atoms with Crippen LogP contribution in [0.5, 0.6) is 5.75 Å². The fourth-order valence-electron chi connectivity index (χ4n) is 5.04. The summed E-state index contributed by atoms with van der Waals surface area (Å²) >= 11 is 0. The van der Waals surface area contributed by atoms with Crippen molar-refractivity contribution in [3.8, 4) is 17.0 Å². The maximum absolute atomic E-state index is 13.6. The van der Waals surface area contributed by atoms with Crippen molar-refractivity contribution < 1.29 is 33.8 Å². The first-order valence-electron chi connectivity index (χ1n) is 15.0. The molecule has 2 saturated heterocycles. The minimum Gasteiger partial charge on any atom is -0.489 e. The molecule has 12 nitrogen and oxygen atoms in total. The van der Waals surface area contributed by atoms with Crippen LogP contribution in [0.2, 0.25) is 0 Å². The summed E-state index contributed by atoms with van der Waals surface area (Å²) in [5, 5.41) is 15.4. The van der Waals surface area contributed by atoms with Crippen LogP contribution in [-0.2, 0) is 14.3 Å². The van der Waals surface area contributed by atoms with Crippen LogP contribution in [-0.4, -0.2) is 102 Å². The van der Waals surface area contributed by atoms with E-state index in [9.17, 15) is 24.3 Å². The van der Waals surface area contributed by atoms with Crippen molar-refractivity contribution in [2.45, 2.75) is 57.6 Å². The van der Waals surface area contributed by atoms with E-state index in [4.69, 9.17) is 9.47 Å². The number of carbonyl (C=O) groups excluding carboxylic acids is 3. The van der Waals surface area contributed by atoms with Crippen LogP contribution in [0.1, 0.15) is 55.9 Å². The number of amides is 3. The third-order valence-electron chi connectivity index (χ3n) is 7.48. The lowest BCUT2D eigenvalue weighted by molar-refractivity contribution is -0.138. The lowest BCUT2D eigenvalue weighted by Gasteiger charge is -2.36. The van der Waals surface area contributed by atoms with Gasteiger partial charge in [0.25, 0.3) is 5.91 Å². The fraction of sp³-hybridized carbons (Fsp3) is 0.516. The maximum Gasteiger partial charge on any atom is 0.409 e. The second kappa shape index (κ2) is 15.9. The average Bonchev–Trinajstić information content (AvgIpc) is 3.03. The van der Waals surface area contributed by atoms with Crippen LogP contribution in [0, 0.1) is 0 Å². The number of nitrogens with zero attached hydrogens (tertiary/aromatic N) is 3. The molecule has 1 aromatic heterocycles. The topological polar surface area (TPSA) is 150 Å². The van der Waals surface area contributed by atoms with Crippen LogP contribution >= 0.6 is 0 Å². The van der Waals surface area contributed by atoms with E-state index in [-0.39, 0.29) is 50.8 Å². The highest BCUT2D eigenvalue weighted by molar-refractivity contribution is 5.97. The Labute approximate surface area is 251 Å². The number of benzene rings is 1. The van der Waals surface area contributed by atoms with Gasteiger partial charge in [-0.05, 0) is 32.2 Å². The smallest absolute Gasteiger partial charge is 0.409 e. The molecular weight excluding hydrogens is 554 g/mol. The Morgan fingerprint density at radius 3 is 2.51 bits per heavy atom. The molecule has 0 aliphatic carbocycles. The van der Waals surface area contributed by atoms with E-state index >= 15 is 0 Å². The molecule has 3 heterocycles. The molecular formula is C31H41N5O7. The van der Waals surface area contributed by atoms with Crippen molar-refractivity contribution in [3.63, 3.8) is 0 Å². The van der Waals surface area contributed by atoms with E-state index in [0.29, 0.717) is 24.6 Å². The number of carboxylic acids is 1. The molecule has 0 radical (unpaired) electrons. The molecule has 0 spiro atoms. The highest BCUT2D eigenvalue weighted by Gasteiger charge is 2.31. The SMILES string of the molecule is CCCCOC(=O)N1CCN(C(=O)[C@H](CCC(=O)O)NC(=O)c2cc(OC3CCCNC3)cc(-c3ccccc3)n2)CC1. The van der Waals surface area contributed by atoms with Gasteiger partial charge in [0.2, 0.25) is 5.91 Å². The van der Waals surface area contributed by atoms with Gasteiger partial charge in [0.15, 0.2) is 0 Å². The number of piperidine rings is 1. The number of aromatic nitrogens is 1. The summed E-state index contributed by atoms with van der Waals surface area (Å²) in [6.45, 7) is 5.05. The number of ether oxygens (including phenoxy) is 2. The van der Waals surface area contributed by atoms with E-state index in [2.05, 4.69) is 15.6 Å². The summed E-state index contributed by atoms with van der Waals surface area (Å²) in [5.74, 6) is -1.60. The maximum atomic E-state index is 13.6. The van der Waals surface area contributed by atoms with Crippen LogP contribution in [0.25, 0.3) is 11.3 Å². The van der Waals surface area contributed by atoms with Gasteiger partial charge in [-0.1, -0.05) is 43.7 Å². The molecule has 1 unspecified atom stereocenters. The van der Waals surface area contributed by atoms with Gasteiger partial charge >= 0.3 is 12.1 Å². The van der Waals surface area contributed by atoms with Crippen LogP contribution in [0.4, 0.5) is 4.79 Å². The first-order chi connectivity index (χ1) is 20.8. The Bertz CT molecular complexity index is 1240. The van der Waals surface area contributed by atoms with Crippen LogP contribution in [0.15, 0.2) is 42.5 Å². The van der Waals surface area contributed by atoms with Crippen molar-refractivity contribution in [2.75, 3.05) is 45.9 Å². The fourth-order valence-corrected chi connectivity index (χ4v) is 5.04. The quantitative estimate of drug-likeness (QED) is 0.315. The number of piperazine rings is 1. The van der Waals surface area contributed by atoms with E-state index in [1.807, 2.05) is 37.3 Å². The summed E-state index contributed by atoms with van der Waals surface area (Å²) in [6.07, 6.45) is 2.70. The molecule has 2 atom stereocenters. The monoisotopic (exact) mass is 595 g/mol. The number of carbonyl (C=O) groups is 4. The zero-order chi connectivity index (χ0) is 30.6. The Kier molecular flexibility index (Phi) is 11.7. The minimum atomic E-state index is -1.08. The second-order valence-electron chi connectivity index (χ2n) is 10.8. The third-order valence-corrected chi connectivity index (χ3v) is 7.48. The number of pyridine rings is 1. The third kappa shape index (κ3) is 9.40. The minimum absolute atomic E-state index is 0.0526. The van der Waals surface area contributed by atoms with E-state index in [1.54, 1.807) is 21.9 Å². The van der Waals surface area contributed by atoms with Gasteiger partial charge in [-0.3, -0.25) is 14.4 Å². The van der Waals surface area contributed by atoms with E-state index in [0.717, 1.165) is 37.8 Å². The highest BCUT2D eigenvalue weighted by Crippen LogP contribution is 2.25. The number of rotatable bonds is 12. The van der Waals surface area contributed by atoms with E-state index < -0.39 is 29.9 Å². The molecule has 2 aromatic rings. The highest BCUT2D eigenvalue weighted by atomic mass is 16.6. The molecule has 2 aliphatic rings. The zero-order valence-corrected chi connectivity index (χ0v) is 24.6. The van der Waals surface area contributed by atoms with Crippen LogP contribution in [0.3, 0.4) is 0 Å². The molecule has 43 heavy (non-hydrogen) atoms. The molecule has 1 aromatic carbocycles. The van der Waals surface area contributed by atoms with Crippen molar-refractivity contribution in [1.29, 1.82) is 0 Å². The standard InChI is InChI=1S/C31H41N5O7/c1-2-3-18-42-31(41)36-16-14-35(15-17-36)30(40)25(11-12-28(37)38)34-29(39)27-20-24(43-23-10-7-13-32-21-23)19-26(33-27)22-8-5-4-6-9-22/h4-6,8-9,19-20,23,25,32H,2-3,7,10-18,21H2,1H3,(H,34,39)(H,37,38)/t23?,25-/m0/s1. The van der Waals surface area contributed by atoms with Crippen molar-refractivity contribution in [1.82, 2.24) is 25.4 Å². The number of aliphatic carboxylic acids is 1. The van der Waals surface area contributed by atoms with Gasteiger partial charge in [-0.15, -0.1) is 0 Å². The predicted octanol–water partition coefficient (Wildman–Crippen LogP) is 2.92. The summed E-state index contributed by atoms with van der Waals surface area (Å²) in [5.41, 5.74) is 1.41. The van der Waals surface area contributed by atoms with Gasteiger partial charge in [-0.25, -0.2) is 9.78 Å². The molecule has 4 rings (SSSR count). The van der Waals surface area contributed by atoms with Crippen molar-refractivity contribution in [3.05, 3.63) is 48.2 Å². The lowest BCUT2D eigenvalue weighted by Crippen LogP contribution is -2.56. The molecule has 12 heteroatoms. The molecule has 2 aliphatic heterocycles. The second-order valence-corrected chi connectivity index (χ2v) is 10.8. The van der Waals surface area contributed by atoms with Crippen molar-refractivity contribution in [2.24, 2.45) is 0 Å². The van der Waals surface area contributed by atoms with Crippen LogP contribution < -0.4 is 15.4 Å². The molecule has 3 N–H and O–H groups in total. The van der Waals surface area contributed by atoms with Gasteiger partial charge in [-0.2, -0.15) is 0 Å². The van der Waals surface area contributed by atoms with Gasteiger partial charge in [0.1, 0.15) is 23.6 Å². The summed E-state index contributed by atoms with van der Waals surface area (Å²) in [7, 11) is 0. The summed E-state index contributed by atoms with van der Waals surface area (Å²) in [6, 6.07) is 11.7. The lowest BCUT2D eigenvalue weighted by atomic mass is 10.1. The van der Waals surface area contributed by atoms with Crippen molar-refractivity contribution >= 4 is 23.9 Å². The van der Waals surface area contributed by atoms with Gasteiger partial charge in [0, 0.05) is 56.8 Å². The van der Waals surface area contributed by atoms with E-state index in [1.165, 1.54) is 0 Å². The number of nitrogens with one attached hydrogen (secondary N) is 2. The molecule has 0 saturated carbocycles. The molecule has 232 valence electrons. The Morgan fingerprint density at radius 1 is 1.09 bits per heavy atom. The Morgan fingerprint density at radius 2 is 1.84 bits per heavy atom. The zero-order valence-electron chi connectivity index (χ0n) is 24.6. The molecule has 2 fully saturated rings. The largest absolute Gasteiger partial charge is 0.489 e. The van der Waals surface area contributed by atoms with Gasteiger partial charge in [0.05, 0.1) is 12.3 Å². The number of unbranched alkanes of at least 4 members (excludes halogenated alkanes) is 1.